The summed E-state index contributed by atoms with van der Waals surface area (Å²) in [7, 11) is 0. The van der Waals surface area contributed by atoms with Crippen molar-refractivity contribution in [3.8, 4) is 11.3 Å². The summed E-state index contributed by atoms with van der Waals surface area (Å²) in [5.41, 5.74) is 1.51. The van der Waals surface area contributed by atoms with Gasteiger partial charge in [-0.1, -0.05) is 12.1 Å². The third-order valence-electron chi connectivity index (χ3n) is 4.98. The van der Waals surface area contributed by atoms with Gasteiger partial charge in [0.25, 0.3) is 0 Å². The van der Waals surface area contributed by atoms with Crippen LogP contribution in [0.4, 0.5) is 19.0 Å². The molecule has 0 radical (unpaired) electrons. The number of nitrogens with one attached hydrogen (secondary N) is 1. The van der Waals surface area contributed by atoms with Gasteiger partial charge in [-0.25, -0.2) is 9.50 Å². The van der Waals surface area contributed by atoms with E-state index in [1.807, 2.05) is 12.1 Å². The number of rotatable bonds is 4. The Bertz CT molecular complexity index is 1040. The highest BCUT2D eigenvalue weighted by Gasteiger charge is 2.30. The molecule has 0 bridgehead atoms. The van der Waals surface area contributed by atoms with E-state index in [4.69, 9.17) is 0 Å². The number of aromatic nitrogens is 3. The number of carbonyl (C=O) groups is 1. The molecule has 0 unspecified atom stereocenters. The van der Waals surface area contributed by atoms with Crippen LogP contribution in [0.1, 0.15) is 31.0 Å². The van der Waals surface area contributed by atoms with Crippen LogP contribution in [0.5, 0.6) is 0 Å². The lowest BCUT2D eigenvalue weighted by molar-refractivity contribution is -0.137. The number of anilines is 1. The number of carbonyl (C=O) groups excluding carboxylic acids is 1. The third kappa shape index (κ3) is 3.90. The average molecular weight is 403 g/mol. The van der Waals surface area contributed by atoms with Crippen molar-refractivity contribution in [2.75, 3.05) is 18.0 Å². The minimum Gasteiger partial charge on any atom is -0.355 e. The highest BCUT2D eigenvalue weighted by molar-refractivity contribution is 5.74. The molecule has 3 heterocycles. The highest BCUT2D eigenvalue weighted by Crippen LogP contribution is 2.32. The molecule has 0 aliphatic carbocycles. The quantitative estimate of drug-likeness (QED) is 0.722. The first-order valence-corrected chi connectivity index (χ1v) is 9.38. The highest BCUT2D eigenvalue weighted by atomic mass is 19.4. The van der Waals surface area contributed by atoms with Crippen LogP contribution in [0.2, 0.25) is 0 Å². The predicted molar refractivity (Wildman–Crippen MR) is 102 cm³/mol. The lowest BCUT2D eigenvalue weighted by Gasteiger charge is -2.16. The Morgan fingerprint density at radius 3 is 2.41 bits per heavy atom. The van der Waals surface area contributed by atoms with Crippen molar-refractivity contribution >= 4 is 17.4 Å². The van der Waals surface area contributed by atoms with Gasteiger partial charge in [-0.05, 0) is 37.1 Å². The Morgan fingerprint density at radius 2 is 1.79 bits per heavy atom. The smallest absolute Gasteiger partial charge is 0.355 e. The number of hydrogen-bond donors (Lipinski definition) is 1. The van der Waals surface area contributed by atoms with Crippen molar-refractivity contribution in [1.82, 2.24) is 19.9 Å². The van der Waals surface area contributed by atoms with E-state index in [0.717, 1.165) is 43.9 Å². The molecule has 1 aromatic carbocycles. The van der Waals surface area contributed by atoms with Crippen molar-refractivity contribution in [3.63, 3.8) is 0 Å². The van der Waals surface area contributed by atoms with E-state index in [0.29, 0.717) is 22.6 Å². The molecular weight excluding hydrogens is 383 g/mol. The fourth-order valence-electron chi connectivity index (χ4n) is 3.50. The Labute approximate surface area is 165 Å². The number of benzene rings is 1. The van der Waals surface area contributed by atoms with Crippen LogP contribution in [-0.2, 0) is 17.5 Å². The molecule has 29 heavy (non-hydrogen) atoms. The maximum absolute atomic E-state index is 12.9. The van der Waals surface area contributed by atoms with Gasteiger partial charge in [-0.2, -0.15) is 13.2 Å². The van der Waals surface area contributed by atoms with E-state index < -0.39 is 11.7 Å². The Hall–Kier alpha value is -3.10. The van der Waals surface area contributed by atoms with E-state index in [1.54, 1.807) is 4.52 Å². The molecule has 1 aliphatic rings. The minimum atomic E-state index is -4.40. The molecule has 1 N–H and O–H groups in total. The van der Waals surface area contributed by atoms with Gasteiger partial charge in [0, 0.05) is 25.6 Å². The lowest BCUT2D eigenvalue weighted by Crippen LogP contribution is -2.22. The SMILES string of the molecule is CC(=O)NCc1c(-c2ccc(C(F)(F)F)cc2)nc2ccc(N3CCCC3)nn12. The molecule has 6 nitrogen and oxygen atoms in total. The van der Waals surface area contributed by atoms with Gasteiger partial charge in [0.2, 0.25) is 5.91 Å². The maximum atomic E-state index is 12.9. The van der Waals surface area contributed by atoms with Crippen LogP contribution >= 0.6 is 0 Å². The zero-order chi connectivity index (χ0) is 20.6. The molecule has 0 spiro atoms. The molecule has 9 heteroatoms. The van der Waals surface area contributed by atoms with Crippen molar-refractivity contribution in [2.24, 2.45) is 0 Å². The van der Waals surface area contributed by atoms with E-state index >= 15 is 0 Å². The zero-order valence-electron chi connectivity index (χ0n) is 15.8. The number of alkyl halides is 3. The molecule has 0 atom stereocenters. The Morgan fingerprint density at radius 1 is 1.10 bits per heavy atom. The maximum Gasteiger partial charge on any atom is 0.416 e. The minimum absolute atomic E-state index is 0.170. The van der Waals surface area contributed by atoms with Crippen LogP contribution in [0.25, 0.3) is 16.9 Å². The third-order valence-corrected chi connectivity index (χ3v) is 4.98. The summed E-state index contributed by atoms with van der Waals surface area (Å²) >= 11 is 0. The van der Waals surface area contributed by atoms with Crippen LogP contribution in [0.15, 0.2) is 36.4 Å². The number of halogens is 3. The zero-order valence-corrected chi connectivity index (χ0v) is 15.8. The predicted octanol–water partition coefficient (Wildman–Crippen LogP) is 3.65. The first-order valence-electron chi connectivity index (χ1n) is 9.38. The standard InChI is InChI=1S/C20H20F3N5O/c1-13(29)24-12-16-19(14-4-6-15(7-5-14)20(21,22)23)25-17-8-9-18(26-28(16)17)27-10-2-3-11-27/h4-9H,2-3,10-12H2,1H3,(H,24,29). The molecule has 1 saturated heterocycles. The average Bonchev–Trinajstić information content (AvgIpc) is 3.33. The molecule has 3 aromatic rings. The number of fused-ring (bicyclic) bond motifs is 1. The number of amides is 1. The van der Waals surface area contributed by atoms with E-state index in [2.05, 4.69) is 20.3 Å². The fraction of sp³-hybridized carbons (Fsp3) is 0.350. The largest absolute Gasteiger partial charge is 0.416 e. The van der Waals surface area contributed by atoms with Gasteiger partial charge >= 0.3 is 6.18 Å². The molecule has 0 saturated carbocycles. The Balaban J connectivity index is 1.79. The summed E-state index contributed by atoms with van der Waals surface area (Å²) in [6.07, 6.45) is -2.18. The second-order valence-corrected chi connectivity index (χ2v) is 7.05. The van der Waals surface area contributed by atoms with Crippen LogP contribution in [0, 0.1) is 0 Å². The van der Waals surface area contributed by atoms with Crippen molar-refractivity contribution in [1.29, 1.82) is 0 Å². The summed E-state index contributed by atoms with van der Waals surface area (Å²) in [6, 6.07) is 8.58. The van der Waals surface area contributed by atoms with Crippen molar-refractivity contribution in [3.05, 3.63) is 47.7 Å². The van der Waals surface area contributed by atoms with Crippen LogP contribution in [0.3, 0.4) is 0 Å². The van der Waals surface area contributed by atoms with E-state index in [9.17, 15) is 18.0 Å². The number of hydrogen-bond acceptors (Lipinski definition) is 4. The second-order valence-electron chi connectivity index (χ2n) is 7.05. The molecule has 2 aromatic heterocycles. The molecule has 152 valence electrons. The summed E-state index contributed by atoms with van der Waals surface area (Å²) in [6.45, 7) is 3.44. The van der Waals surface area contributed by atoms with Gasteiger partial charge in [0.05, 0.1) is 23.5 Å². The van der Waals surface area contributed by atoms with E-state index in [-0.39, 0.29) is 12.5 Å². The van der Waals surface area contributed by atoms with E-state index in [1.165, 1.54) is 19.1 Å². The summed E-state index contributed by atoms with van der Waals surface area (Å²) in [4.78, 5) is 18.2. The van der Waals surface area contributed by atoms with Crippen LogP contribution < -0.4 is 10.2 Å². The lowest BCUT2D eigenvalue weighted by atomic mass is 10.1. The molecular formula is C20H20F3N5O. The summed E-state index contributed by atoms with van der Waals surface area (Å²) in [5.74, 6) is 0.601. The summed E-state index contributed by atoms with van der Waals surface area (Å²) < 4.78 is 40.3. The van der Waals surface area contributed by atoms with Gasteiger partial charge in [-0.3, -0.25) is 4.79 Å². The van der Waals surface area contributed by atoms with Gasteiger partial charge in [0.1, 0.15) is 5.82 Å². The van der Waals surface area contributed by atoms with Crippen LogP contribution in [-0.4, -0.2) is 33.6 Å². The van der Waals surface area contributed by atoms with Crippen molar-refractivity contribution < 1.29 is 18.0 Å². The van der Waals surface area contributed by atoms with Gasteiger partial charge in [-0.15, -0.1) is 5.10 Å². The van der Waals surface area contributed by atoms with Crippen molar-refractivity contribution in [2.45, 2.75) is 32.5 Å². The fourth-order valence-corrected chi connectivity index (χ4v) is 3.50. The molecule has 4 rings (SSSR count). The summed E-state index contributed by atoms with van der Waals surface area (Å²) in [5, 5.41) is 7.43. The normalized spacial score (nSPS) is 14.6. The first kappa shape index (κ1) is 19.2. The molecule has 1 amide bonds. The second kappa shape index (κ2) is 7.38. The van der Waals surface area contributed by atoms with Gasteiger partial charge < -0.3 is 10.2 Å². The number of imidazole rings is 1. The van der Waals surface area contributed by atoms with Gasteiger partial charge in [0.15, 0.2) is 5.65 Å². The molecule has 1 aliphatic heterocycles. The Kier molecular flexibility index (Phi) is 4.89. The number of nitrogens with zero attached hydrogens (tertiary/aromatic N) is 4. The first-order chi connectivity index (χ1) is 13.8. The molecule has 1 fully saturated rings. The monoisotopic (exact) mass is 403 g/mol. The topological polar surface area (TPSA) is 62.5 Å².